The molecule has 1 unspecified atom stereocenters. The van der Waals surface area contributed by atoms with Crippen LogP contribution in [-0.4, -0.2) is 84.2 Å². The van der Waals surface area contributed by atoms with E-state index in [0.29, 0.717) is 6.42 Å². The monoisotopic (exact) mass is 319 g/mol. The van der Waals surface area contributed by atoms with Crippen molar-refractivity contribution in [2.24, 2.45) is 5.73 Å². The smallest absolute Gasteiger partial charge is 0.376 e. The van der Waals surface area contributed by atoms with Crippen LogP contribution < -0.4 is 5.73 Å². The molecule has 1 heterocycles. The summed E-state index contributed by atoms with van der Waals surface area (Å²) in [5.41, 5.74) is 5.36. The third kappa shape index (κ3) is 4.73. The fourth-order valence-electron chi connectivity index (χ4n) is 2.96. The van der Waals surface area contributed by atoms with Crippen LogP contribution in [0.2, 0.25) is 0 Å². The van der Waals surface area contributed by atoms with Crippen LogP contribution in [0.3, 0.4) is 0 Å². The first-order chi connectivity index (χ1) is 10.0. The minimum absolute atomic E-state index is 0.163. The van der Waals surface area contributed by atoms with Gasteiger partial charge in [0, 0.05) is 60.5 Å². The maximum Gasteiger partial charge on any atom is 0.518 e. The minimum atomic E-state index is -2.66. The van der Waals surface area contributed by atoms with Crippen molar-refractivity contribution in [1.29, 1.82) is 0 Å². The molecule has 21 heavy (non-hydrogen) atoms. The fraction of sp³-hybridized carbons (Fsp3) is 0.923. The molecule has 0 spiro atoms. The molecule has 1 aliphatic heterocycles. The molecule has 0 saturated carbocycles. The molecular weight excluding hydrogens is 290 g/mol. The van der Waals surface area contributed by atoms with Crippen LogP contribution in [0.5, 0.6) is 0 Å². The number of hydrogen-bond donors (Lipinski definition) is 1. The van der Waals surface area contributed by atoms with Crippen LogP contribution in [0.4, 0.5) is 0 Å². The first kappa shape index (κ1) is 18.5. The average Bonchev–Trinajstić information content (AvgIpc) is 2.51. The van der Waals surface area contributed by atoms with E-state index in [9.17, 15) is 4.79 Å². The van der Waals surface area contributed by atoms with Gasteiger partial charge >= 0.3 is 8.80 Å². The van der Waals surface area contributed by atoms with Crippen molar-refractivity contribution in [2.75, 3.05) is 54.1 Å². The number of primary amides is 1. The molecule has 1 aliphatic rings. The van der Waals surface area contributed by atoms with Gasteiger partial charge in [-0.05, 0) is 6.42 Å². The van der Waals surface area contributed by atoms with Crippen molar-refractivity contribution < 1.29 is 18.1 Å². The van der Waals surface area contributed by atoms with E-state index in [1.165, 1.54) is 0 Å². The lowest BCUT2D eigenvalue weighted by molar-refractivity contribution is -0.118. The van der Waals surface area contributed by atoms with E-state index < -0.39 is 8.80 Å². The first-order valence-electron chi connectivity index (χ1n) is 7.43. The second-order valence-corrected chi connectivity index (χ2v) is 8.33. The fourth-order valence-corrected chi connectivity index (χ4v) is 5.48. The van der Waals surface area contributed by atoms with E-state index in [1.54, 1.807) is 21.3 Å². The first-order valence-corrected chi connectivity index (χ1v) is 9.23. The zero-order valence-corrected chi connectivity index (χ0v) is 14.6. The summed E-state index contributed by atoms with van der Waals surface area (Å²) < 4.78 is 16.9. The van der Waals surface area contributed by atoms with Gasteiger partial charge in [0.15, 0.2) is 0 Å². The van der Waals surface area contributed by atoms with Crippen molar-refractivity contribution in [3.63, 3.8) is 0 Å². The van der Waals surface area contributed by atoms with Gasteiger partial charge in [-0.25, -0.2) is 0 Å². The van der Waals surface area contributed by atoms with Crippen LogP contribution in [-0.2, 0) is 18.1 Å². The molecule has 1 rings (SSSR count). The lowest BCUT2D eigenvalue weighted by atomic mass is 10.2. The lowest BCUT2D eigenvalue weighted by Gasteiger charge is -2.43. The Labute approximate surface area is 128 Å². The molecule has 0 aromatic heterocycles. The SMILES string of the molecule is CCC(N1CCN(CCC(N)=O)CC1)[Si](OC)(OC)OC. The molecule has 0 radical (unpaired) electrons. The molecule has 7 nitrogen and oxygen atoms in total. The highest BCUT2D eigenvalue weighted by molar-refractivity contribution is 6.62. The maximum atomic E-state index is 10.8. The second kappa shape index (κ2) is 8.81. The summed E-state index contributed by atoms with van der Waals surface area (Å²) in [6, 6.07) is 0. The highest BCUT2D eigenvalue weighted by atomic mass is 28.4. The van der Waals surface area contributed by atoms with E-state index in [1.807, 2.05) is 0 Å². The number of amides is 1. The molecule has 0 aromatic rings. The van der Waals surface area contributed by atoms with Gasteiger partial charge in [0.1, 0.15) is 0 Å². The Kier molecular flexibility index (Phi) is 7.78. The van der Waals surface area contributed by atoms with Gasteiger partial charge in [-0.1, -0.05) is 6.92 Å². The predicted molar refractivity (Wildman–Crippen MR) is 82.7 cm³/mol. The quantitative estimate of drug-likeness (QED) is 0.587. The number of nitrogens with two attached hydrogens (primary N) is 1. The van der Waals surface area contributed by atoms with Gasteiger partial charge in [0.25, 0.3) is 0 Å². The Balaban J connectivity index is 2.59. The summed E-state index contributed by atoms with van der Waals surface area (Å²) in [6.07, 6.45) is 1.34. The third-order valence-corrected chi connectivity index (χ3v) is 7.47. The molecule has 1 amide bonds. The third-order valence-electron chi connectivity index (χ3n) is 4.17. The number of carbonyl (C=O) groups is 1. The predicted octanol–water partition coefficient (Wildman–Crippen LogP) is -0.325. The average molecular weight is 319 g/mol. The number of carbonyl (C=O) groups excluding carboxylic acids is 1. The summed E-state index contributed by atoms with van der Waals surface area (Å²) in [7, 11) is 2.31. The van der Waals surface area contributed by atoms with Crippen LogP contribution in [0.15, 0.2) is 0 Å². The Hall–Kier alpha value is -0.513. The van der Waals surface area contributed by atoms with Crippen LogP contribution in [0.1, 0.15) is 19.8 Å². The largest absolute Gasteiger partial charge is 0.518 e. The van der Waals surface area contributed by atoms with E-state index in [-0.39, 0.29) is 11.6 Å². The van der Waals surface area contributed by atoms with Crippen molar-refractivity contribution in [1.82, 2.24) is 9.80 Å². The number of hydrogen-bond acceptors (Lipinski definition) is 6. The molecular formula is C13H29N3O4Si. The number of nitrogens with zero attached hydrogens (tertiary/aromatic N) is 2. The summed E-state index contributed by atoms with van der Waals surface area (Å²) in [5.74, 6) is -0.242. The second-order valence-electron chi connectivity index (χ2n) is 5.23. The molecule has 0 bridgehead atoms. The highest BCUT2D eigenvalue weighted by Gasteiger charge is 2.49. The van der Waals surface area contributed by atoms with Crippen LogP contribution in [0, 0.1) is 0 Å². The van der Waals surface area contributed by atoms with E-state index in [4.69, 9.17) is 19.0 Å². The summed E-state index contributed by atoms with van der Waals surface area (Å²) in [4.78, 5) is 15.5. The minimum Gasteiger partial charge on any atom is -0.376 e. The van der Waals surface area contributed by atoms with Gasteiger partial charge in [0.05, 0.1) is 5.67 Å². The van der Waals surface area contributed by atoms with Gasteiger partial charge in [0.2, 0.25) is 5.91 Å². The van der Waals surface area contributed by atoms with Crippen molar-refractivity contribution in [3.05, 3.63) is 0 Å². The molecule has 1 fully saturated rings. The standard InChI is InChI=1S/C13H29N3O4Si/c1-5-13(21(18-2,19-3)20-4)16-10-8-15(9-11-16)7-6-12(14)17/h13H,5-11H2,1-4H3,(H2,14,17). The molecule has 2 N–H and O–H groups in total. The van der Waals surface area contributed by atoms with Gasteiger partial charge < -0.3 is 23.9 Å². The Morgan fingerprint density at radius 1 is 1.14 bits per heavy atom. The number of piperazine rings is 1. The Morgan fingerprint density at radius 2 is 1.67 bits per heavy atom. The summed E-state index contributed by atoms with van der Waals surface area (Å²) in [6.45, 7) is 6.55. The van der Waals surface area contributed by atoms with Crippen LogP contribution in [0.25, 0.3) is 0 Å². The zero-order chi connectivity index (χ0) is 15.9. The summed E-state index contributed by atoms with van der Waals surface area (Å²) >= 11 is 0. The Morgan fingerprint density at radius 3 is 2.05 bits per heavy atom. The van der Waals surface area contributed by atoms with Crippen molar-refractivity contribution >= 4 is 14.7 Å². The van der Waals surface area contributed by atoms with Gasteiger partial charge in [-0.15, -0.1) is 0 Å². The summed E-state index contributed by atoms with van der Waals surface area (Å²) in [5, 5.41) is 0. The van der Waals surface area contributed by atoms with Crippen molar-refractivity contribution in [2.45, 2.75) is 25.4 Å². The van der Waals surface area contributed by atoms with Crippen molar-refractivity contribution in [3.8, 4) is 0 Å². The van der Waals surface area contributed by atoms with Gasteiger partial charge in [-0.2, -0.15) is 0 Å². The van der Waals surface area contributed by atoms with E-state index in [0.717, 1.165) is 39.1 Å². The van der Waals surface area contributed by atoms with Crippen LogP contribution >= 0.6 is 0 Å². The highest BCUT2D eigenvalue weighted by Crippen LogP contribution is 2.22. The van der Waals surface area contributed by atoms with E-state index in [2.05, 4.69) is 16.7 Å². The maximum absolute atomic E-state index is 10.8. The number of rotatable bonds is 9. The molecule has 8 heteroatoms. The molecule has 0 aromatic carbocycles. The molecule has 0 aliphatic carbocycles. The molecule has 1 atom stereocenters. The topological polar surface area (TPSA) is 77.3 Å². The van der Waals surface area contributed by atoms with Gasteiger partial charge in [-0.3, -0.25) is 9.69 Å². The normalized spacial score (nSPS) is 19.6. The zero-order valence-electron chi connectivity index (χ0n) is 13.6. The van der Waals surface area contributed by atoms with E-state index >= 15 is 0 Å². The molecule has 1 saturated heterocycles. The Bertz CT molecular complexity index is 312. The molecule has 124 valence electrons. The lowest BCUT2D eigenvalue weighted by Crippen LogP contribution is -2.64.